The molecular formula is C22H19F4N5O4. The van der Waals surface area contributed by atoms with Crippen LogP contribution >= 0.6 is 0 Å². The fraction of sp³-hybridized carbons (Fsp3) is 0.318. The van der Waals surface area contributed by atoms with Crippen LogP contribution in [0.1, 0.15) is 41.7 Å². The first kappa shape index (κ1) is 25.4. The third kappa shape index (κ3) is 5.16. The van der Waals surface area contributed by atoms with Crippen molar-refractivity contribution in [1.29, 1.82) is 0 Å². The second-order valence-electron chi connectivity index (χ2n) is 7.55. The lowest BCUT2D eigenvalue weighted by atomic mass is 10.1. The van der Waals surface area contributed by atoms with Crippen LogP contribution in [0.2, 0.25) is 0 Å². The van der Waals surface area contributed by atoms with Crippen LogP contribution in [0.15, 0.2) is 28.0 Å². The Bertz CT molecular complexity index is 1440. The Morgan fingerprint density at radius 1 is 1.23 bits per heavy atom. The molecule has 3 aromatic rings. The summed E-state index contributed by atoms with van der Waals surface area (Å²) in [5, 5.41) is 0. The number of rotatable bonds is 7. The molecule has 0 bridgehead atoms. The lowest BCUT2D eigenvalue weighted by molar-refractivity contribution is 0.0100. The summed E-state index contributed by atoms with van der Waals surface area (Å²) in [6, 6.07) is 1.64. The summed E-state index contributed by atoms with van der Waals surface area (Å²) in [4.78, 5) is 38.9. The predicted molar refractivity (Wildman–Crippen MR) is 116 cm³/mol. The predicted octanol–water partition coefficient (Wildman–Crippen LogP) is 4.39. The fourth-order valence-corrected chi connectivity index (χ4v) is 3.30. The maximum Gasteiger partial charge on any atom is 0.297 e. The van der Waals surface area contributed by atoms with E-state index in [0.29, 0.717) is 18.4 Å². The molecule has 0 spiro atoms. The zero-order valence-electron chi connectivity index (χ0n) is 19.0. The molecule has 1 aromatic carbocycles. The monoisotopic (exact) mass is 493 g/mol. The van der Waals surface area contributed by atoms with Crippen LogP contribution < -0.4 is 20.6 Å². The Morgan fingerprint density at radius 3 is 2.46 bits per heavy atom. The summed E-state index contributed by atoms with van der Waals surface area (Å²) in [6.07, 6.45) is -2.21. The van der Waals surface area contributed by atoms with Crippen molar-refractivity contribution in [2.75, 3.05) is 7.11 Å². The number of alkyl halides is 4. The molecule has 0 aliphatic heterocycles. The molecular weight excluding hydrogens is 474 g/mol. The van der Waals surface area contributed by atoms with Gasteiger partial charge in [-0.05, 0) is 26.0 Å². The minimum absolute atomic E-state index is 0.0778. The zero-order valence-corrected chi connectivity index (χ0v) is 19.0. The van der Waals surface area contributed by atoms with Gasteiger partial charge in [-0.25, -0.2) is 23.6 Å². The van der Waals surface area contributed by atoms with Crippen molar-refractivity contribution in [3.05, 3.63) is 78.9 Å². The Balaban J connectivity index is 2.22. The molecule has 0 unspecified atom stereocenters. The van der Waals surface area contributed by atoms with Gasteiger partial charge in [-0.1, -0.05) is 0 Å². The number of hydrogen-bond donors (Lipinski definition) is 1. The average Bonchev–Trinajstić information content (AvgIpc) is 2.76. The summed E-state index contributed by atoms with van der Waals surface area (Å²) >= 11 is 0. The van der Waals surface area contributed by atoms with Crippen molar-refractivity contribution < 1.29 is 27.0 Å². The SMILES string of the molecule is [C-]#[N+]c1cc(C(F)F)cc(Oc2c(C(C)(F)F)ncn(Cc3c(C)nc(C)[nH]c3=O)c2=O)c1OC. The van der Waals surface area contributed by atoms with Crippen molar-refractivity contribution in [3.8, 4) is 17.2 Å². The van der Waals surface area contributed by atoms with E-state index in [0.717, 1.165) is 30.1 Å². The van der Waals surface area contributed by atoms with E-state index in [1.54, 1.807) is 6.92 Å². The van der Waals surface area contributed by atoms with Crippen molar-refractivity contribution >= 4 is 5.69 Å². The van der Waals surface area contributed by atoms with Crippen LogP contribution in [-0.4, -0.2) is 26.6 Å². The van der Waals surface area contributed by atoms with Crippen molar-refractivity contribution in [3.63, 3.8) is 0 Å². The maximum atomic E-state index is 14.3. The number of ether oxygens (including phenoxy) is 2. The van der Waals surface area contributed by atoms with Crippen LogP contribution in [0.25, 0.3) is 4.85 Å². The van der Waals surface area contributed by atoms with E-state index in [2.05, 4.69) is 19.8 Å². The molecule has 0 fully saturated rings. The normalized spacial score (nSPS) is 11.4. The van der Waals surface area contributed by atoms with E-state index in [1.807, 2.05) is 0 Å². The number of nitrogens with one attached hydrogen (secondary N) is 1. The molecule has 0 atom stereocenters. The number of hydrogen-bond acceptors (Lipinski definition) is 6. The summed E-state index contributed by atoms with van der Waals surface area (Å²) in [6.45, 7) is 10.4. The largest absolute Gasteiger partial charge is 0.504 e. The molecule has 3 rings (SSSR count). The van der Waals surface area contributed by atoms with Crippen LogP contribution in [0.3, 0.4) is 0 Å². The first-order chi connectivity index (χ1) is 16.4. The summed E-state index contributed by atoms with van der Waals surface area (Å²) < 4.78 is 66.6. The van der Waals surface area contributed by atoms with Gasteiger partial charge in [-0.3, -0.25) is 14.2 Å². The molecule has 0 saturated carbocycles. The minimum Gasteiger partial charge on any atom is -0.504 e. The van der Waals surface area contributed by atoms with Gasteiger partial charge in [0.05, 0.1) is 32.1 Å². The molecule has 184 valence electrons. The van der Waals surface area contributed by atoms with Gasteiger partial charge in [0.15, 0.2) is 17.2 Å². The minimum atomic E-state index is -3.66. The topological polar surface area (TPSA) is 103 Å². The van der Waals surface area contributed by atoms with E-state index < -0.39 is 46.2 Å². The van der Waals surface area contributed by atoms with E-state index >= 15 is 0 Å². The second kappa shape index (κ2) is 9.57. The quantitative estimate of drug-likeness (QED) is 0.387. The molecule has 9 nitrogen and oxygen atoms in total. The lowest BCUT2D eigenvalue weighted by Gasteiger charge is -2.19. The van der Waals surface area contributed by atoms with E-state index in [-0.39, 0.29) is 23.5 Å². The van der Waals surface area contributed by atoms with Crippen LogP contribution in [0, 0.1) is 20.4 Å². The zero-order chi connectivity index (χ0) is 26.1. The Morgan fingerprint density at radius 2 is 1.91 bits per heavy atom. The maximum absolute atomic E-state index is 14.3. The number of aryl methyl sites for hydroxylation is 2. The summed E-state index contributed by atoms with van der Waals surface area (Å²) in [5.41, 5.74) is -3.37. The van der Waals surface area contributed by atoms with Crippen molar-refractivity contribution in [2.24, 2.45) is 0 Å². The Hall–Kier alpha value is -4.21. The number of H-pyrrole nitrogens is 1. The highest BCUT2D eigenvalue weighted by molar-refractivity contribution is 5.66. The Labute approximate surface area is 195 Å². The number of methoxy groups -OCH3 is 1. The first-order valence-corrected chi connectivity index (χ1v) is 9.96. The van der Waals surface area contributed by atoms with Gasteiger partial charge in [0.25, 0.3) is 23.5 Å². The molecule has 0 aliphatic carbocycles. The van der Waals surface area contributed by atoms with E-state index in [9.17, 15) is 27.2 Å². The highest BCUT2D eigenvalue weighted by Gasteiger charge is 2.34. The summed E-state index contributed by atoms with van der Waals surface area (Å²) in [5.74, 6) is -5.19. The molecule has 0 radical (unpaired) electrons. The van der Waals surface area contributed by atoms with Crippen molar-refractivity contribution in [2.45, 2.75) is 39.7 Å². The highest BCUT2D eigenvalue weighted by atomic mass is 19.3. The van der Waals surface area contributed by atoms with Crippen molar-refractivity contribution in [1.82, 2.24) is 19.5 Å². The van der Waals surface area contributed by atoms with E-state index in [1.165, 1.54) is 6.92 Å². The van der Waals surface area contributed by atoms with E-state index in [4.69, 9.17) is 16.0 Å². The summed E-state index contributed by atoms with van der Waals surface area (Å²) in [7, 11) is 1.12. The van der Waals surface area contributed by atoms with Gasteiger partial charge in [0.1, 0.15) is 5.82 Å². The molecule has 1 N–H and O–H groups in total. The average molecular weight is 493 g/mol. The fourth-order valence-electron chi connectivity index (χ4n) is 3.30. The number of nitrogens with zero attached hydrogens (tertiary/aromatic N) is 4. The van der Waals surface area contributed by atoms with Crippen LogP contribution in [0.4, 0.5) is 23.2 Å². The molecule has 2 heterocycles. The van der Waals surface area contributed by atoms with Gasteiger partial charge in [0.2, 0.25) is 11.4 Å². The highest BCUT2D eigenvalue weighted by Crippen LogP contribution is 2.43. The third-order valence-corrected chi connectivity index (χ3v) is 4.93. The number of benzene rings is 1. The standard InChI is InChI=1S/C22H19F4N5O4/c1-10-13(20(32)30-11(2)29-10)8-31-9-28-18(22(3,25)26)17(21(31)33)35-15-7-12(19(23)24)6-14(27-4)16(15)34-5/h6-7,9,19H,8H2,1-3,5H3,(H,29,30,32). The van der Waals surface area contributed by atoms with Crippen LogP contribution in [-0.2, 0) is 12.5 Å². The number of halogens is 4. The van der Waals surface area contributed by atoms with Gasteiger partial charge < -0.3 is 14.5 Å². The molecule has 2 aromatic heterocycles. The van der Waals surface area contributed by atoms with Crippen LogP contribution in [0.5, 0.6) is 17.2 Å². The smallest absolute Gasteiger partial charge is 0.297 e. The molecule has 0 aliphatic rings. The second-order valence-corrected chi connectivity index (χ2v) is 7.55. The van der Waals surface area contributed by atoms with Gasteiger partial charge >= 0.3 is 0 Å². The number of aromatic amines is 1. The van der Waals surface area contributed by atoms with Gasteiger partial charge in [0, 0.05) is 18.2 Å². The van der Waals surface area contributed by atoms with Gasteiger partial charge in [-0.15, -0.1) is 0 Å². The number of aromatic nitrogens is 4. The third-order valence-electron chi connectivity index (χ3n) is 4.93. The van der Waals surface area contributed by atoms with Gasteiger partial charge in [-0.2, -0.15) is 8.78 Å². The Kier molecular flexibility index (Phi) is 6.95. The molecule has 0 amide bonds. The molecule has 35 heavy (non-hydrogen) atoms. The molecule has 13 heteroatoms. The first-order valence-electron chi connectivity index (χ1n) is 9.96. The lowest BCUT2D eigenvalue weighted by Crippen LogP contribution is -2.29. The molecule has 0 saturated heterocycles.